The zero-order valence-corrected chi connectivity index (χ0v) is 11.5. The van der Waals surface area contributed by atoms with E-state index in [9.17, 15) is 9.59 Å². The van der Waals surface area contributed by atoms with Crippen LogP contribution in [0, 0.1) is 6.92 Å². The SMILES string of the molecule is CCOC(=O)c1cc(NC(=O)c2cc(C)on2)cn1C. The van der Waals surface area contributed by atoms with Gasteiger partial charge in [0, 0.05) is 19.3 Å². The van der Waals surface area contributed by atoms with E-state index in [1.807, 2.05) is 0 Å². The molecule has 0 fully saturated rings. The molecule has 0 unspecified atom stereocenters. The largest absolute Gasteiger partial charge is 0.461 e. The Bertz CT molecular complexity index is 642. The highest BCUT2D eigenvalue weighted by molar-refractivity contribution is 6.03. The summed E-state index contributed by atoms with van der Waals surface area (Å²) in [5, 5.41) is 6.26. The fraction of sp³-hybridized carbons (Fsp3) is 0.308. The van der Waals surface area contributed by atoms with Gasteiger partial charge in [-0.1, -0.05) is 5.16 Å². The number of nitrogens with one attached hydrogen (secondary N) is 1. The molecule has 2 aromatic heterocycles. The van der Waals surface area contributed by atoms with E-state index in [1.54, 1.807) is 37.7 Å². The third-order valence-electron chi connectivity index (χ3n) is 2.61. The molecule has 0 saturated heterocycles. The molecule has 0 radical (unpaired) electrons. The van der Waals surface area contributed by atoms with Crippen molar-refractivity contribution in [3.63, 3.8) is 0 Å². The summed E-state index contributed by atoms with van der Waals surface area (Å²) >= 11 is 0. The van der Waals surface area contributed by atoms with E-state index in [2.05, 4.69) is 10.5 Å². The number of hydrogen-bond acceptors (Lipinski definition) is 5. The summed E-state index contributed by atoms with van der Waals surface area (Å²) in [6.07, 6.45) is 1.62. The molecule has 0 saturated carbocycles. The Morgan fingerprint density at radius 2 is 2.20 bits per heavy atom. The third-order valence-corrected chi connectivity index (χ3v) is 2.61. The number of esters is 1. The Morgan fingerprint density at radius 1 is 1.45 bits per heavy atom. The van der Waals surface area contributed by atoms with Crippen molar-refractivity contribution in [2.24, 2.45) is 7.05 Å². The molecule has 2 aromatic rings. The van der Waals surface area contributed by atoms with Crippen LogP contribution in [0.4, 0.5) is 5.69 Å². The summed E-state index contributed by atoms with van der Waals surface area (Å²) in [6.45, 7) is 3.73. The molecular formula is C13H15N3O4. The lowest BCUT2D eigenvalue weighted by Crippen LogP contribution is -2.11. The van der Waals surface area contributed by atoms with Gasteiger partial charge in [0.05, 0.1) is 12.3 Å². The molecule has 0 atom stereocenters. The topological polar surface area (TPSA) is 86.4 Å². The third kappa shape index (κ3) is 2.87. The lowest BCUT2D eigenvalue weighted by atomic mass is 10.3. The molecule has 106 valence electrons. The number of aryl methyl sites for hydroxylation is 2. The predicted octanol–water partition coefficient (Wildman–Crippen LogP) is 1.75. The van der Waals surface area contributed by atoms with Crippen LogP contribution in [0.3, 0.4) is 0 Å². The minimum Gasteiger partial charge on any atom is -0.461 e. The standard InChI is InChI=1S/C13H15N3O4/c1-4-19-13(18)11-6-9(7-16(11)3)14-12(17)10-5-8(2)20-15-10/h5-7H,4H2,1-3H3,(H,14,17). The van der Waals surface area contributed by atoms with Crippen LogP contribution in [-0.2, 0) is 11.8 Å². The second-order valence-electron chi connectivity index (χ2n) is 4.22. The number of aromatic nitrogens is 2. The average Bonchev–Trinajstić information content (AvgIpc) is 2.96. The van der Waals surface area contributed by atoms with Gasteiger partial charge in [0.25, 0.3) is 5.91 Å². The molecule has 0 aliphatic heterocycles. The first-order valence-electron chi connectivity index (χ1n) is 6.09. The molecule has 0 bridgehead atoms. The first-order valence-corrected chi connectivity index (χ1v) is 6.09. The zero-order valence-electron chi connectivity index (χ0n) is 11.5. The van der Waals surface area contributed by atoms with Crippen molar-refractivity contribution in [1.29, 1.82) is 0 Å². The molecule has 1 amide bonds. The van der Waals surface area contributed by atoms with E-state index >= 15 is 0 Å². The molecule has 7 nitrogen and oxygen atoms in total. The molecule has 1 N–H and O–H groups in total. The van der Waals surface area contributed by atoms with Gasteiger partial charge >= 0.3 is 5.97 Å². The molecule has 0 spiro atoms. The van der Waals surface area contributed by atoms with Gasteiger partial charge in [-0.3, -0.25) is 4.79 Å². The van der Waals surface area contributed by atoms with Crippen LogP contribution >= 0.6 is 0 Å². The van der Waals surface area contributed by atoms with Gasteiger partial charge in [-0.05, 0) is 19.9 Å². The van der Waals surface area contributed by atoms with Gasteiger partial charge in [-0.2, -0.15) is 0 Å². The van der Waals surface area contributed by atoms with Crippen LogP contribution in [0.2, 0.25) is 0 Å². The number of carbonyl (C=O) groups excluding carboxylic acids is 2. The summed E-state index contributed by atoms with van der Waals surface area (Å²) in [5.74, 6) is -0.286. The predicted molar refractivity (Wildman–Crippen MR) is 70.6 cm³/mol. The van der Waals surface area contributed by atoms with Crippen molar-refractivity contribution in [1.82, 2.24) is 9.72 Å². The number of rotatable bonds is 4. The van der Waals surface area contributed by atoms with Gasteiger partial charge in [0.15, 0.2) is 5.69 Å². The minimum absolute atomic E-state index is 0.184. The van der Waals surface area contributed by atoms with Crippen molar-refractivity contribution in [3.8, 4) is 0 Å². The second-order valence-corrected chi connectivity index (χ2v) is 4.22. The van der Waals surface area contributed by atoms with Gasteiger partial charge in [0.1, 0.15) is 11.5 Å². The molecular weight excluding hydrogens is 262 g/mol. The lowest BCUT2D eigenvalue weighted by molar-refractivity contribution is 0.0515. The first-order chi connectivity index (χ1) is 9.51. The van der Waals surface area contributed by atoms with Crippen LogP contribution in [0.25, 0.3) is 0 Å². The lowest BCUT2D eigenvalue weighted by Gasteiger charge is -2.01. The van der Waals surface area contributed by atoms with Crippen LogP contribution < -0.4 is 5.32 Å². The summed E-state index contributed by atoms with van der Waals surface area (Å²) in [5.41, 5.74) is 1.03. The van der Waals surface area contributed by atoms with Gasteiger partial charge in [-0.25, -0.2) is 4.79 Å². The molecule has 0 aliphatic rings. The highest BCUT2D eigenvalue weighted by Crippen LogP contribution is 2.15. The number of ether oxygens (including phenoxy) is 1. The second kappa shape index (κ2) is 5.60. The van der Waals surface area contributed by atoms with Crippen LogP contribution in [0.1, 0.15) is 33.7 Å². The van der Waals surface area contributed by atoms with Gasteiger partial charge in [0.2, 0.25) is 0 Å². The Kier molecular flexibility index (Phi) is 3.88. The van der Waals surface area contributed by atoms with Crippen molar-refractivity contribution in [2.75, 3.05) is 11.9 Å². The number of carbonyl (C=O) groups is 2. The monoisotopic (exact) mass is 277 g/mol. The Labute approximate surface area is 115 Å². The normalized spacial score (nSPS) is 10.3. The molecule has 7 heteroatoms. The summed E-state index contributed by atoms with van der Waals surface area (Å²) in [7, 11) is 1.70. The summed E-state index contributed by atoms with van der Waals surface area (Å²) in [4.78, 5) is 23.5. The smallest absolute Gasteiger partial charge is 0.355 e. The first kappa shape index (κ1) is 13.9. The van der Waals surface area contributed by atoms with E-state index in [-0.39, 0.29) is 5.69 Å². The van der Waals surface area contributed by atoms with E-state index < -0.39 is 11.9 Å². The average molecular weight is 277 g/mol. The van der Waals surface area contributed by atoms with Gasteiger partial charge < -0.3 is 19.1 Å². The number of hydrogen-bond donors (Lipinski definition) is 1. The molecule has 2 heterocycles. The van der Waals surface area contributed by atoms with E-state index in [0.717, 1.165) is 0 Å². The highest BCUT2D eigenvalue weighted by Gasteiger charge is 2.16. The molecule has 20 heavy (non-hydrogen) atoms. The number of amides is 1. The Hall–Kier alpha value is -2.57. The highest BCUT2D eigenvalue weighted by atomic mass is 16.5. The number of anilines is 1. The van der Waals surface area contributed by atoms with Crippen LogP contribution in [0.5, 0.6) is 0 Å². The van der Waals surface area contributed by atoms with E-state index in [4.69, 9.17) is 9.26 Å². The van der Waals surface area contributed by atoms with Gasteiger partial charge in [-0.15, -0.1) is 0 Å². The van der Waals surface area contributed by atoms with Crippen LogP contribution in [0.15, 0.2) is 22.9 Å². The maximum Gasteiger partial charge on any atom is 0.355 e. The Morgan fingerprint density at radius 3 is 2.80 bits per heavy atom. The summed E-state index contributed by atoms with van der Waals surface area (Å²) < 4.78 is 11.3. The fourth-order valence-corrected chi connectivity index (χ4v) is 1.71. The number of nitrogens with zero attached hydrogens (tertiary/aromatic N) is 2. The van der Waals surface area contributed by atoms with E-state index in [1.165, 1.54) is 6.07 Å². The van der Waals surface area contributed by atoms with Crippen molar-refractivity contribution < 1.29 is 18.8 Å². The zero-order chi connectivity index (χ0) is 14.7. The quantitative estimate of drug-likeness (QED) is 0.860. The van der Waals surface area contributed by atoms with Crippen molar-refractivity contribution in [3.05, 3.63) is 35.5 Å². The fourth-order valence-electron chi connectivity index (χ4n) is 1.71. The maximum absolute atomic E-state index is 11.9. The van der Waals surface area contributed by atoms with Crippen LogP contribution in [-0.4, -0.2) is 28.2 Å². The minimum atomic E-state index is -0.437. The molecule has 0 aliphatic carbocycles. The molecule has 0 aromatic carbocycles. The van der Waals surface area contributed by atoms with E-state index in [0.29, 0.717) is 23.7 Å². The maximum atomic E-state index is 11.9. The molecule has 2 rings (SSSR count). The summed E-state index contributed by atoms with van der Waals surface area (Å²) in [6, 6.07) is 3.08. The Balaban J connectivity index is 2.12. The van der Waals surface area contributed by atoms with Crippen molar-refractivity contribution >= 4 is 17.6 Å². The van der Waals surface area contributed by atoms with Crippen molar-refractivity contribution in [2.45, 2.75) is 13.8 Å².